The zero-order chi connectivity index (χ0) is 68.4. The Morgan fingerprint density at radius 3 is 0.949 bits per heavy atom. The van der Waals surface area contributed by atoms with Gasteiger partial charge >= 0.3 is 18.5 Å². The molecule has 0 saturated heterocycles. The Morgan fingerprint density at radius 1 is 0.316 bits per heavy atom. The van der Waals surface area contributed by atoms with E-state index < -0.39 is 35.2 Å². The average Bonchev–Trinajstić information content (AvgIpc) is 1.53. The molecule has 16 heteroatoms. The van der Waals surface area contributed by atoms with Gasteiger partial charge in [0.05, 0.1) is 91.2 Å². The molecule has 16 rings (SSSR count). The number of alkyl halides is 9. The van der Waals surface area contributed by atoms with E-state index in [0.29, 0.717) is 44.6 Å². The van der Waals surface area contributed by atoms with Crippen molar-refractivity contribution in [1.29, 1.82) is 5.26 Å². The molecule has 0 bridgehead atoms. The first-order valence-electron chi connectivity index (χ1n) is 31.0. The SMILES string of the molecule is [C-]#[N+]c1cc(-c2cc(-n3c4ccccc4c4cc(C)ccc43)c(C#N)cc2-n2c3ccccc3c3cc(C)ccc32)cc(C(F)(F)F)c1.[C-]#[N+]c1cc(-c2cc(-n3c4ccccc4c4cc(C)ccc43)c(C(F)(F)F)cc2-n2c3ccccc3c3cc(C)ccc32)cc(C(F)(F)F)c1. The average molecular weight is 1300 g/mol. The number of rotatable bonds is 6. The lowest BCUT2D eigenvalue weighted by Crippen LogP contribution is -2.13. The minimum Gasteiger partial charge on any atom is -0.309 e. The van der Waals surface area contributed by atoms with Crippen LogP contribution >= 0.6 is 0 Å². The van der Waals surface area contributed by atoms with Gasteiger partial charge in [0, 0.05) is 65.3 Å². The smallest absolute Gasteiger partial charge is 0.309 e. The summed E-state index contributed by atoms with van der Waals surface area (Å²) in [5.41, 5.74) is 8.25. The Bertz CT molecular complexity index is 6190. The highest BCUT2D eigenvalue weighted by Gasteiger charge is 2.38. The predicted molar refractivity (Wildman–Crippen MR) is 372 cm³/mol. The summed E-state index contributed by atoms with van der Waals surface area (Å²) in [6.45, 7) is 23.1. The summed E-state index contributed by atoms with van der Waals surface area (Å²) in [6, 6.07) is 68.2. The van der Waals surface area contributed by atoms with Crippen LogP contribution < -0.4 is 0 Å². The van der Waals surface area contributed by atoms with E-state index >= 15 is 13.2 Å². The summed E-state index contributed by atoms with van der Waals surface area (Å²) in [5.74, 6) is 0. The van der Waals surface area contributed by atoms with Crippen LogP contribution in [0, 0.1) is 52.2 Å². The molecule has 0 spiro atoms. The van der Waals surface area contributed by atoms with E-state index in [1.54, 1.807) is 47.0 Å². The van der Waals surface area contributed by atoms with E-state index in [1.807, 2.05) is 164 Å². The molecule has 0 N–H and O–H groups in total. The summed E-state index contributed by atoms with van der Waals surface area (Å²) in [6.07, 6.45) is -14.3. The van der Waals surface area contributed by atoms with Crippen molar-refractivity contribution in [1.82, 2.24) is 18.3 Å². The summed E-state index contributed by atoms with van der Waals surface area (Å²) in [4.78, 5) is 6.72. The van der Waals surface area contributed by atoms with Crippen LogP contribution in [-0.4, -0.2) is 18.3 Å². The van der Waals surface area contributed by atoms with Crippen molar-refractivity contribution in [3.63, 3.8) is 0 Å². The normalized spacial score (nSPS) is 12.1. The standard InChI is InChI=1S/C41H25F6N3.C41H25F3N4/c1-23-12-14-36-31(16-23)28-8-4-6-10-34(28)49(36)38-22-33(41(45,46)47)39(21-30(38)25-18-26(40(42,43)44)20-27(19-25)48-3)50-35-11-7-5-9-29(35)32-17-24(2)13-15-37(32)50;1-24-12-14-37-33(16-24)30-8-4-6-10-35(30)47(37)39-22-32(26-18-28(41(42,43)44)21-29(19-26)46-3)40(20-27(39)23-45)48-36-11-7-5-9-31(36)34-17-25(2)13-15-38(34)48/h4-22H,1-2H3;4-22H,1-2H3. The van der Waals surface area contributed by atoms with Crippen molar-refractivity contribution < 1.29 is 39.5 Å². The highest BCUT2D eigenvalue weighted by Crippen LogP contribution is 2.49. The van der Waals surface area contributed by atoms with Crippen LogP contribution in [0.4, 0.5) is 50.9 Å². The van der Waals surface area contributed by atoms with E-state index in [9.17, 15) is 31.6 Å². The van der Waals surface area contributed by atoms with Crippen LogP contribution in [0.2, 0.25) is 0 Å². The summed E-state index contributed by atoms with van der Waals surface area (Å²) >= 11 is 0. The Labute approximate surface area is 554 Å². The molecule has 0 aliphatic carbocycles. The second-order valence-electron chi connectivity index (χ2n) is 24.6. The zero-order valence-electron chi connectivity index (χ0n) is 52.5. The van der Waals surface area contributed by atoms with Crippen LogP contribution in [0.1, 0.15) is 44.5 Å². The highest BCUT2D eigenvalue weighted by atomic mass is 19.4. The molecule has 4 heterocycles. The van der Waals surface area contributed by atoms with E-state index in [2.05, 4.69) is 27.9 Å². The lowest BCUT2D eigenvalue weighted by atomic mass is 9.96. The number of halogens is 9. The molecular formula is C82H50F9N7. The molecule has 0 amide bonds. The number of aromatic nitrogens is 4. The van der Waals surface area contributed by atoms with Crippen molar-refractivity contribution in [3.8, 4) is 51.1 Å². The Hall–Kier alpha value is -12.3. The van der Waals surface area contributed by atoms with Crippen LogP contribution in [0.3, 0.4) is 0 Å². The predicted octanol–water partition coefficient (Wildman–Crippen LogP) is 24.4. The molecule has 0 fully saturated rings. The fraction of sp³-hybridized carbons (Fsp3) is 0.0854. The number of hydrogen-bond acceptors (Lipinski definition) is 1. The van der Waals surface area contributed by atoms with E-state index in [-0.39, 0.29) is 39.4 Å². The number of benzene rings is 12. The molecule has 0 aliphatic heterocycles. The molecule has 0 unspecified atom stereocenters. The minimum atomic E-state index is -4.87. The lowest BCUT2D eigenvalue weighted by Gasteiger charge is -2.22. The first-order chi connectivity index (χ1) is 47.0. The van der Waals surface area contributed by atoms with Crippen molar-refractivity contribution in [3.05, 3.63) is 298 Å². The number of nitrogens with zero attached hydrogens (tertiary/aromatic N) is 7. The van der Waals surface area contributed by atoms with E-state index in [0.717, 1.165) is 118 Å². The molecule has 12 aromatic carbocycles. The number of nitriles is 1. The third kappa shape index (κ3) is 10.3. The van der Waals surface area contributed by atoms with E-state index in [4.69, 9.17) is 13.1 Å². The van der Waals surface area contributed by atoms with Gasteiger partial charge in [0.2, 0.25) is 0 Å². The van der Waals surface area contributed by atoms with Gasteiger partial charge in [0.25, 0.3) is 0 Å². The molecule has 0 aliphatic rings. The third-order valence-corrected chi connectivity index (χ3v) is 18.3. The largest absolute Gasteiger partial charge is 0.418 e. The maximum Gasteiger partial charge on any atom is 0.418 e. The second-order valence-corrected chi connectivity index (χ2v) is 24.6. The van der Waals surface area contributed by atoms with Crippen LogP contribution in [-0.2, 0) is 18.5 Å². The Morgan fingerprint density at radius 2 is 0.622 bits per heavy atom. The number of para-hydroxylation sites is 4. The molecule has 0 saturated carbocycles. The van der Waals surface area contributed by atoms with Gasteiger partial charge in [0.1, 0.15) is 6.07 Å². The quantitative estimate of drug-likeness (QED) is 0.121. The molecule has 0 atom stereocenters. The Balaban J connectivity index is 0.000000160. The van der Waals surface area contributed by atoms with Crippen molar-refractivity contribution in [2.75, 3.05) is 0 Å². The van der Waals surface area contributed by atoms with Gasteiger partial charge in [-0.1, -0.05) is 119 Å². The van der Waals surface area contributed by atoms with Gasteiger partial charge in [-0.3, -0.25) is 0 Å². The van der Waals surface area contributed by atoms with Crippen LogP contribution in [0.15, 0.2) is 231 Å². The van der Waals surface area contributed by atoms with Crippen LogP contribution in [0.5, 0.6) is 0 Å². The topological polar surface area (TPSA) is 52.2 Å². The lowest BCUT2D eigenvalue weighted by molar-refractivity contribution is -0.138. The fourth-order valence-electron chi connectivity index (χ4n) is 14.0. The summed E-state index contributed by atoms with van der Waals surface area (Å²) in [5, 5.41) is 17.7. The van der Waals surface area contributed by atoms with Gasteiger partial charge in [-0.25, -0.2) is 9.69 Å². The monoisotopic (exact) mass is 1300 g/mol. The molecule has 16 aromatic rings. The molecule has 4 aromatic heterocycles. The van der Waals surface area contributed by atoms with Crippen molar-refractivity contribution >= 4 is 98.6 Å². The first-order valence-corrected chi connectivity index (χ1v) is 31.0. The molecular weight excluding hydrogens is 1250 g/mol. The van der Waals surface area contributed by atoms with Gasteiger partial charge in [0.15, 0.2) is 11.4 Å². The summed E-state index contributed by atoms with van der Waals surface area (Å²) in [7, 11) is 0. The first kappa shape index (κ1) is 61.8. The van der Waals surface area contributed by atoms with Gasteiger partial charge in [-0.15, -0.1) is 0 Å². The minimum absolute atomic E-state index is 0.0306. The molecule has 0 radical (unpaired) electrons. The maximum atomic E-state index is 15.5. The highest BCUT2D eigenvalue weighted by molar-refractivity contribution is 6.14. The van der Waals surface area contributed by atoms with Gasteiger partial charge < -0.3 is 18.3 Å². The van der Waals surface area contributed by atoms with Gasteiger partial charge in [-0.05, 0) is 172 Å². The third-order valence-electron chi connectivity index (χ3n) is 18.3. The van der Waals surface area contributed by atoms with E-state index in [1.165, 1.54) is 22.8 Å². The van der Waals surface area contributed by atoms with Gasteiger partial charge in [-0.2, -0.15) is 44.8 Å². The molecule has 476 valence electrons. The number of fused-ring (bicyclic) bond motifs is 12. The van der Waals surface area contributed by atoms with Crippen molar-refractivity contribution in [2.45, 2.75) is 46.2 Å². The zero-order valence-corrected chi connectivity index (χ0v) is 52.5. The fourth-order valence-corrected chi connectivity index (χ4v) is 14.0. The Kier molecular flexibility index (Phi) is 14.5. The summed E-state index contributed by atoms with van der Waals surface area (Å²) < 4.78 is 139. The van der Waals surface area contributed by atoms with Crippen molar-refractivity contribution in [2.24, 2.45) is 0 Å². The molecule has 98 heavy (non-hydrogen) atoms. The molecule has 7 nitrogen and oxygen atoms in total. The second kappa shape index (κ2) is 23.0. The number of aryl methyl sites for hydroxylation is 4. The van der Waals surface area contributed by atoms with Crippen LogP contribution in [0.25, 0.3) is 142 Å². The maximum absolute atomic E-state index is 15.5. The number of hydrogen-bond donors (Lipinski definition) is 0.